The smallest absolute Gasteiger partial charge is 0.158 e. The number of ether oxygens (including phenoxy) is 6. The molecule has 1 fully saturated rings. The molecule has 2 aromatic rings. The Morgan fingerprint density at radius 3 is 2.51 bits per heavy atom. The van der Waals surface area contributed by atoms with E-state index in [2.05, 4.69) is 53.5 Å². The molecule has 0 bridgehead atoms. The lowest BCUT2D eigenvalue weighted by Gasteiger charge is -2.39. The lowest BCUT2D eigenvalue weighted by molar-refractivity contribution is -0.128. The molecule has 1 N–H and O–H groups in total. The van der Waals surface area contributed by atoms with Crippen LogP contribution in [0.4, 0.5) is 5.69 Å². The highest BCUT2D eigenvalue weighted by molar-refractivity contribution is 5.79. The monoisotopic (exact) mass is 598 g/mol. The van der Waals surface area contributed by atoms with Crippen molar-refractivity contribution in [3.63, 3.8) is 0 Å². The first-order valence-corrected chi connectivity index (χ1v) is 15.6. The number of carbonyl (C=O) groups excluding carboxylic acids is 1. The van der Waals surface area contributed by atoms with Gasteiger partial charge in [0.2, 0.25) is 0 Å². The van der Waals surface area contributed by atoms with Crippen molar-refractivity contribution >= 4 is 11.5 Å². The summed E-state index contributed by atoms with van der Waals surface area (Å²) >= 11 is 0. The molecular formula is C34H50N2O7. The van der Waals surface area contributed by atoms with E-state index >= 15 is 0 Å². The number of hydrogen-bond acceptors (Lipinski definition) is 9. The summed E-state index contributed by atoms with van der Waals surface area (Å²) in [6, 6.07) is 14.8. The SMILES string of the molecule is CCC(=O)CO[C@@H]1CNC[C@H](OCc2ccc3c(c2)N(CCCOC)CCO3)[C@H]1c1ccc(COC[C@@H](C)COC)cc1. The number of piperidine rings is 1. The molecule has 0 unspecified atom stereocenters. The van der Waals surface area contributed by atoms with Crippen molar-refractivity contribution in [1.29, 1.82) is 0 Å². The van der Waals surface area contributed by atoms with E-state index in [0.29, 0.717) is 58.5 Å². The van der Waals surface area contributed by atoms with E-state index in [1.807, 2.05) is 13.0 Å². The van der Waals surface area contributed by atoms with Crippen LogP contribution in [0.3, 0.4) is 0 Å². The number of nitrogens with zero attached hydrogens (tertiary/aromatic N) is 1. The first-order valence-electron chi connectivity index (χ1n) is 15.6. The topological polar surface area (TPSA) is 87.7 Å². The van der Waals surface area contributed by atoms with Crippen LogP contribution in [0.2, 0.25) is 0 Å². The summed E-state index contributed by atoms with van der Waals surface area (Å²) < 4.78 is 35.1. The number of methoxy groups -OCH3 is 2. The number of rotatable bonds is 18. The van der Waals surface area contributed by atoms with E-state index < -0.39 is 0 Å². The Morgan fingerprint density at radius 1 is 1.00 bits per heavy atom. The maximum absolute atomic E-state index is 12.1. The van der Waals surface area contributed by atoms with Crippen LogP contribution in [0.5, 0.6) is 5.75 Å². The van der Waals surface area contributed by atoms with Crippen molar-refractivity contribution in [2.45, 2.75) is 58.0 Å². The molecule has 0 amide bonds. The summed E-state index contributed by atoms with van der Waals surface area (Å²) in [6.45, 7) is 11.0. The third-order valence-electron chi connectivity index (χ3n) is 8.06. The third kappa shape index (κ3) is 9.99. The average Bonchev–Trinajstić information content (AvgIpc) is 3.03. The highest BCUT2D eigenvalue weighted by Gasteiger charge is 2.36. The second-order valence-electron chi connectivity index (χ2n) is 11.6. The molecule has 0 radical (unpaired) electrons. The maximum Gasteiger partial charge on any atom is 0.158 e. The number of fused-ring (bicyclic) bond motifs is 1. The number of carbonyl (C=O) groups is 1. The lowest BCUT2D eigenvalue weighted by Crippen LogP contribution is -2.51. The molecule has 2 heterocycles. The van der Waals surface area contributed by atoms with Gasteiger partial charge in [0.25, 0.3) is 0 Å². The standard InChI is InChI=1S/C34H50N2O7/c1-5-29(37)24-43-33-19-35-18-32(34(33)28-10-7-26(8-11-28)22-40-21-25(2)20-39-4)42-23-27-9-12-31-30(17-27)36(14-16-41-31)13-6-15-38-3/h7-12,17,25,32-35H,5-6,13-16,18-24H2,1-4H3/t25-,32-,33+,34+/m0/s1. The number of ketones is 1. The molecule has 9 heteroatoms. The van der Waals surface area contributed by atoms with Gasteiger partial charge in [-0.2, -0.15) is 0 Å². The summed E-state index contributed by atoms with van der Waals surface area (Å²) in [5, 5.41) is 3.48. The molecule has 0 aromatic heterocycles. The van der Waals surface area contributed by atoms with E-state index in [4.69, 9.17) is 28.4 Å². The van der Waals surface area contributed by atoms with E-state index in [0.717, 1.165) is 54.2 Å². The Bertz CT molecular complexity index is 1110. The van der Waals surface area contributed by atoms with Gasteiger partial charge in [-0.15, -0.1) is 0 Å². The van der Waals surface area contributed by atoms with Crippen LogP contribution in [0, 0.1) is 5.92 Å². The molecule has 2 aliphatic rings. The minimum Gasteiger partial charge on any atom is -0.490 e. The van der Waals surface area contributed by atoms with E-state index in [1.165, 1.54) is 0 Å². The molecule has 1 saturated heterocycles. The molecule has 9 nitrogen and oxygen atoms in total. The molecule has 0 aliphatic carbocycles. The van der Waals surface area contributed by atoms with E-state index in [-0.39, 0.29) is 30.5 Å². The highest BCUT2D eigenvalue weighted by Crippen LogP contribution is 2.34. The number of hydrogen-bond donors (Lipinski definition) is 1. The summed E-state index contributed by atoms with van der Waals surface area (Å²) in [4.78, 5) is 14.5. The number of nitrogens with one attached hydrogen (secondary N) is 1. The van der Waals surface area contributed by atoms with Crippen LogP contribution >= 0.6 is 0 Å². The van der Waals surface area contributed by atoms with Gasteiger partial charge >= 0.3 is 0 Å². The van der Waals surface area contributed by atoms with E-state index in [1.54, 1.807) is 14.2 Å². The predicted molar refractivity (Wildman–Crippen MR) is 167 cm³/mol. The number of Topliss-reactive ketones (excluding diaryl/α,β-unsaturated/α-hetero) is 1. The largest absolute Gasteiger partial charge is 0.490 e. The average molecular weight is 599 g/mol. The van der Waals surface area contributed by atoms with Gasteiger partial charge < -0.3 is 38.6 Å². The second-order valence-corrected chi connectivity index (χ2v) is 11.6. The van der Waals surface area contributed by atoms with Crippen molar-refractivity contribution in [2.75, 3.05) is 78.3 Å². The zero-order valence-electron chi connectivity index (χ0n) is 26.3. The Hall–Kier alpha value is -2.53. The summed E-state index contributed by atoms with van der Waals surface area (Å²) in [5.74, 6) is 1.34. The number of benzene rings is 2. The zero-order chi connectivity index (χ0) is 30.4. The minimum absolute atomic E-state index is 0.0193. The Labute approximate surface area is 257 Å². The number of anilines is 1. The van der Waals surface area contributed by atoms with Crippen LogP contribution in [0.25, 0.3) is 0 Å². The van der Waals surface area contributed by atoms with Crippen LogP contribution in [0.15, 0.2) is 42.5 Å². The van der Waals surface area contributed by atoms with Gasteiger partial charge in [-0.1, -0.05) is 44.2 Å². The Morgan fingerprint density at radius 2 is 1.77 bits per heavy atom. The molecule has 0 saturated carbocycles. The molecular weight excluding hydrogens is 548 g/mol. The summed E-state index contributed by atoms with van der Waals surface area (Å²) in [5.41, 5.74) is 4.46. The Kier molecular flexibility index (Phi) is 13.7. The third-order valence-corrected chi connectivity index (χ3v) is 8.06. The second kappa shape index (κ2) is 17.7. The van der Waals surface area contributed by atoms with Crippen LogP contribution in [-0.4, -0.2) is 91.4 Å². The lowest BCUT2D eigenvalue weighted by atomic mass is 9.85. The van der Waals surface area contributed by atoms with Crippen molar-refractivity contribution in [2.24, 2.45) is 5.92 Å². The first kappa shape index (κ1) is 33.4. The molecule has 0 spiro atoms. The normalized spacial score (nSPS) is 20.8. The molecule has 43 heavy (non-hydrogen) atoms. The fourth-order valence-electron chi connectivity index (χ4n) is 5.71. The van der Waals surface area contributed by atoms with Gasteiger partial charge in [0.1, 0.15) is 19.0 Å². The van der Waals surface area contributed by atoms with Crippen molar-refractivity contribution in [3.05, 3.63) is 59.2 Å². The fraction of sp³-hybridized carbons (Fsp3) is 0.618. The fourth-order valence-corrected chi connectivity index (χ4v) is 5.71. The van der Waals surface area contributed by atoms with Crippen molar-refractivity contribution in [3.8, 4) is 5.75 Å². The van der Waals surface area contributed by atoms with Crippen LogP contribution in [-0.2, 0) is 41.7 Å². The molecule has 2 aromatic carbocycles. The van der Waals surface area contributed by atoms with Gasteiger partial charge in [0.15, 0.2) is 5.78 Å². The first-order chi connectivity index (χ1) is 21.0. The van der Waals surface area contributed by atoms with Gasteiger partial charge in [-0.25, -0.2) is 0 Å². The summed E-state index contributed by atoms with van der Waals surface area (Å²) in [7, 11) is 3.45. The summed E-state index contributed by atoms with van der Waals surface area (Å²) in [6.07, 6.45) is 1.12. The molecule has 4 atom stereocenters. The molecule has 2 aliphatic heterocycles. The predicted octanol–water partition coefficient (Wildman–Crippen LogP) is 4.36. The van der Waals surface area contributed by atoms with Crippen LogP contribution in [0.1, 0.15) is 49.3 Å². The maximum atomic E-state index is 12.1. The Balaban J connectivity index is 1.45. The molecule has 4 rings (SSSR count). The van der Waals surface area contributed by atoms with Crippen molar-refractivity contribution in [1.82, 2.24) is 5.32 Å². The van der Waals surface area contributed by atoms with Gasteiger partial charge in [-0.3, -0.25) is 4.79 Å². The molecule has 238 valence electrons. The van der Waals surface area contributed by atoms with E-state index in [9.17, 15) is 4.79 Å². The van der Waals surface area contributed by atoms with Gasteiger partial charge in [0, 0.05) is 58.7 Å². The van der Waals surface area contributed by atoms with Gasteiger partial charge in [0.05, 0.1) is 50.9 Å². The van der Waals surface area contributed by atoms with Crippen LogP contribution < -0.4 is 15.0 Å². The van der Waals surface area contributed by atoms with Crippen molar-refractivity contribution < 1.29 is 33.2 Å². The van der Waals surface area contributed by atoms with Gasteiger partial charge in [-0.05, 0) is 35.2 Å². The minimum atomic E-state index is -0.181. The zero-order valence-corrected chi connectivity index (χ0v) is 26.3. The highest BCUT2D eigenvalue weighted by atomic mass is 16.5. The quantitative estimate of drug-likeness (QED) is 0.252.